The summed E-state index contributed by atoms with van der Waals surface area (Å²) in [5, 5.41) is 0. The van der Waals surface area contributed by atoms with Crippen molar-refractivity contribution in [1.82, 2.24) is 0 Å². The van der Waals surface area contributed by atoms with Gasteiger partial charge in [-0.2, -0.15) is 4.57 Å². The lowest BCUT2D eigenvalue weighted by molar-refractivity contribution is -2.00. The van der Waals surface area contributed by atoms with Crippen LogP contribution in [0.2, 0.25) is 0 Å². The summed E-state index contributed by atoms with van der Waals surface area (Å²) in [6.45, 7) is 11.7. The second kappa shape index (κ2) is 10.1. The molecule has 0 spiro atoms. The van der Waals surface area contributed by atoms with Crippen LogP contribution in [-0.4, -0.2) is 13.2 Å². The van der Waals surface area contributed by atoms with Crippen LogP contribution < -0.4 is 32.7 Å². The SMILES string of the molecule is CCOc1cccc(OCC)c2c(C)[n+](-c3ccc(C)cc3)c(C)c1-2.[O-][Cl+3]([O-])([O-])[O-]. The number of aromatic nitrogens is 1. The molecule has 0 aromatic heterocycles. The van der Waals surface area contributed by atoms with Crippen LogP contribution in [0.25, 0.3) is 16.8 Å². The molecule has 3 rings (SSSR count). The van der Waals surface area contributed by atoms with Crippen molar-refractivity contribution in [3.63, 3.8) is 0 Å². The number of rotatable bonds is 5. The molecule has 0 unspecified atom stereocenters. The van der Waals surface area contributed by atoms with Crippen LogP contribution >= 0.6 is 0 Å². The molecule has 1 aliphatic carbocycles. The van der Waals surface area contributed by atoms with E-state index in [1.165, 1.54) is 5.56 Å². The first-order chi connectivity index (χ1) is 14.1. The van der Waals surface area contributed by atoms with E-state index in [9.17, 15) is 0 Å². The molecule has 0 radical (unpaired) electrons. The van der Waals surface area contributed by atoms with Crippen molar-refractivity contribution in [2.24, 2.45) is 0 Å². The molecule has 30 heavy (non-hydrogen) atoms. The zero-order valence-electron chi connectivity index (χ0n) is 17.7. The van der Waals surface area contributed by atoms with Crippen molar-refractivity contribution in [1.29, 1.82) is 0 Å². The van der Waals surface area contributed by atoms with Gasteiger partial charge in [-0.05, 0) is 32.9 Å². The summed E-state index contributed by atoms with van der Waals surface area (Å²) in [4.78, 5) is 0. The summed E-state index contributed by atoms with van der Waals surface area (Å²) in [5.41, 5.74) is 6.98. The van der Waals surface area contributed by atoms with Gasteiger partial charge in [0.2, 0.25) is 5.69 Å². The Morgan fingerprint density at radius 1 is 0.733 bits per heavy atom. The molecule has 7 nitrogen and oxygen atoms in total. The van der Waals surface area contributed by atoms with Gasteiger partial charge in [-0.15, -0.1) is 10.2 Å². The molecule has 0 N–H and O–H groups in total. The van der Waals surface area contributed by atoms with Crippen molar-refractivity contribution in [3.8, 4) is 28.3 Å². The zero-order chi connectivity index (χ0) is 22.5. The van der Waals surface area contributed by atoms with Crippen molar-refractivity contribution < 1.29 is 42.9 Å². The second-order valence-corrected chi connectivity index (χ2v) is 7.35. The van der Waals surface area contributed by atoms with Crippen LogP contribution in [0, 0.1) is 31.0 Å². The molecule has 1 heterocycles. The van der Waals surface area contributed by atoms with E-state index in [2.05, 4.69) is 49.6 Å². The summed E-state index contributed by atoms with van der Waals surface area (Å²) in [6, 6.07) is 14.7. The van der Waals surface area contributed by atoms with E-state index >= 15 is 0 Å². The van der Waals surface area contributed by atoms with Crippen molar-refractivity contribution in [2.75, 3.05) is 13.2 Å². The van der Waals surface area contributed by atoms with Gasteiger partial charge in [-0.25, -0.2) is 18.6 Å². The molecule has 0 bridgehead atoms. The number of ether oxygens (including phenoxy) is 2. The first-order valence-corrected chi connectivity index (χ1v) is 10.7. The van der Waals surface area contributed by atoms with Crippen molar-refractivity contribution >= 4 is 0 Å². The molecular formula is C22H26ClNO6. The van der Waals surface area contributed by atoms with Gasteiger partial charge in [-0.3, -0.25) is 0 Å². The summed E-state index contributed by atoms with van der Waals surface area (Å²) in [6.07, 6.45) is 0. The highest BCUT2D eigenvalue weighted by Gasteiger charge is 2.33. The van der Waals surface area contributed by atoms with Gasteiger partial charge in [0.1, 0.15) is 22.6 Å². The number of hydrogen-bond acceptors (Lipinski definition) is 6. The Kier molecular flexibility index (Phi) is 8.00. The molecule has 1 aliphatic heterocycles. The second-order valence-electron chi connectivity index (χ2n) is 6.59. The predicted octanol–water partition coefficient (Wildman–Crippen LogP) is 0.0348. The van der Waals surface area contributed by atoms with Crippen LogP contribution in [0.1, 0.15) is 30.8 Å². The molecule has 162 valence electrons. The van der Waals surface area contributed by atoms with Gasteiger partial charge in [0.05, 0.1) is 13.2 Å². The molecule has 0 atom stereocenters. The topological polar surface area (TPSA) is 115 Å². The third-order valence-electron chi connectivity index (χ3n) is 4.52. The standard InChI is InChI=1S/C22H26NO2.ClHO4/c1-6-24-19-9-8-10-20(25-7-2)22-17(5)23(16(4)21(19)22)18-13-11-15(3)12-14-18;2-1(3,4)5/h8-14H,6-7H2,1-5H3;(H,2,3,4,5)/q+1;/p-1. The Morgan fingerprint density at radius 3 is 1.50 bits per heavy atom. The first kappa shape index (κ1) is 23.9. The summed E-state index contributed by atoms with van der Waals surface area (Å²) in [7, 11) is -4.94. The normalized spacial score (nSPS) is 11.1. The maximum atomic E-state index is 8.49. The van der Waals surface area contributed by atoms with Gasteiger partial charge in [0.15, 0.2) is 11.4 Å². The number of hydrogen-bond donors (Lipinski definition) is 0. The Balaban J connectivity index is 0.000000575. The molecule has 1 aromatic rings. The fourth-order valence-corrected chi connectivity index (χ4v) is 3.46. The number of fused-ring (bicyclic) bond motifs is 1. The summed E-state index contributed by atoms with van der Waals surface area (Å²) >= 11 is 0. The van der Waals surface area contributed by atoms with Crippen LogP contribution in [0.3, 0.4) is 0 Å². The van der Waals surface area contributed by atoms with Crippen LogP contribution in [0.4, 0.5) is 0 Å². The Hall–Kier alpha value is -2.42. The molecular weight excluding hydrogens is 410 g/mol. The van der Waals surface area contributed by atoms with Gasteiger partial charge in [-0.1, -0.05) is 23.8 Å². The minimum Gasteiger partial charge on any atom is -0.493 e. The molecule has 0 saturated heterocycles. The van der Waals surface area contributed by atoms with Crippen LogP contribution in [-0.2, 0) is 0 Å². The molecule has 0 amide bonds. The van der Waals surface area contributed by atoms with Gasteiger partial charge in [0, 0.05) is 26.0 Å². The van der Waals surface area contributed by atoms with E-state index in [1.807, 2.05) is 32.0 Å². The van der Waals surface area contributed by atoms with E-state index in [0.717, 1.165) is 39.7 Å². The monoisotopic (exact) mass is 435 g/mol. The smallest absolute Gasteiger partial charge is 0.211 e. The fourth-order valence-electron chi connectivity index (χ4n) is 3.46. The van der Waals surface area contributed by atoms with Crippen molar-refractivity contribution in [3.05, 3.63) is 59.4 Å². The lowest BCUT2D eigenvalue weighted by atomic mass is 10.1. The highest BCUT2D eigenvalue weighted by molar-refractivity contribution is 5.80. The number of nitrogens with zero attached hydrogens (tertiary/aromatic N) is 1. The summed E-state index contributed by atoms with van der Waals surface area (Å²) < 4.78 is 48.2. The maximum absolute atomic E-state index is 8.49. The first-order valence-electron chi connectivity index (χ1n) is 9.50. The van der Waals surface area contributed by atoms with E-state index in [1.54, 1.807) is 0 Å². The quantitative estimate of drug-likeness (QED) is 0.522. The highest BCUT2D eigenvalue weighted by Crippen LogP contribution is 2.42. The van der Waals surface area contributed by atoms with E-state index in [4.69, 9.17) is 28.1 Å². The highest BCUT2D eigenvalue weighted by atomic mass is 35.7. The molecule has 1 aromatic carbocycles. The Bertz CT molecular complexity index is 901. The van der Waals surface area contributed by atoms with Gasteiger partial charge in [0.25, 0.3) is 0 Å². The lowest BCUT2D eigenvalue weighted by Gasteiger charge is -2.17. The molecule has 8 heteroatoms. The fraction of sp³-hybridized carbons (Fsp3) is 0.318. The number of halogens is 1. The van der Waals surface area contributed by atoms with Gasteiger partial charge < -0.3 is 9.47 Å². The van der Waals surface area contributed by atoms with E-state index in [0.29, 0.717) is 13.2 Å². The van der Waals surface area contributed by atoms with Crippen LogP contribution in [0.5, 0.6) is 11.5 Å². The Labute approximate surface area is 178 Å². The average Bonchev–Trinajstić information content (AvgIpc) is 2.79. The van der Waals surface area contributed by atoms with E-state index in [-0.39, 0.29) is 0 Å². The molecule has 0 fully saturated rings. The molecule has 2 aliphatic rings. The predicted molar refractivity (Wildman–Crippen MR) is 101 cm³/mol. The van der Waals surface area contributed by atoms with E-state index < -0.39 is 10.2 Å². The third-order valence-corrected chi connectivity index (χ3v) is 4.52. The average molecular weight is 436 g/mol. The number of aryl methyl sites for hydroxylation is 1. The third kappa shape index (κ3) is 5.81. The lowest BCUT2D eigenvalue weighted by Crippen LogP contribution is -2.68. The summed E-state index contributed by atoms with van der Waals surface area (Å²) in [5.74, 6) is 1.80. The maximum Gasteiger partial charge on any atom is 0.211 e. The van der Waals surface area contributed by atoms with Crippen LogP contribution in [0.15, 0.2) is 42.5 Å². The minimum atomic E-state index is -4.94. The van der Waals surface area contributed by atoms with Gasteiger partial charge >= 0.3 is 0 Å². The number of benzene rings is 1. The van der Waals surface area contributed by atoms with Crippen molar-refractivity contribution in [2.45, 2.75) is 34.6 Å². The largest absolute Gasteiger partial charge is 0.493 e. The zero-order valence-corrected chi connectivity index (χ0v) is 18.5. The minimum absolute atomic E-state index is 0.636. The molecule has 0 saturated carbocycles. The Morgan fingerprint density at radius 2 is 1.13 bits per heavy atom.